The van der Waals surface area contributed by atoms with Gasteiger partial charge in [0, 0.05) is 11.6 Å². The van der Waals surface area contributed by atoms with Crippen LogP contribution in [0.4, 0.5) is 0 Å². The lowest BCUT2D eigenvalue weighted by atomic mass is 9.84. The highest BCUT2D eigenvalue weighted by Gasteiger charge is 2.28. The SMILES string of the molecule is C=Cc1ccccc1.O=C1C=C(C2CCCCC2)C(=O)N1. The van der Waals surface area contributed by atoms with Crippen molar-refractivity contribution in [1.82, 2.24) is 5.32 Å². The van der Waals surface area contributed by atoms with Crippen LogP contribution in [0.2, 0.25) is 0 Å². The highest BCUT2D eigenvalue weighted by atomic mass is 16.2. The van der Waals surface area contributed by atoms with Crippen LogP contribution in [0, 0.1) is 5.92 Å². The molecule has 3 rings (SSSR count). The van der Waals surface area contributed by atoms with Crippen LogP contribution >= 0.6 is 0 Å². The Balaban J connectivity index is 0.000000173. The first-order valence-corrected chi connectivity index (χ1v) is 7.45. The second-order valence-corrected chi connectivity index (χ2v) is 5.37. The molecule has 2 amide bonds. The zero-order chi connectivity index (χ0) is 15.1. The molecule has 0 unspecified atom stereocenters. The molecular weight excluding hydrogens is 262 g/mol. The highest BCUT2D eigenvalue weighted by Crippen LogP contribution is 2.30. The molecular formula is C18H21NO2. The van der Waals surface area contributed by atoms with Gasteiger partial charge >= 0.3 is 0 Å². The van der Waals surface area contributed by atoms with Gasteiger partial charge in [-0.15, -0.1) is 0 Å². The van der Waals surface area contributed by atoms with Crippen LogP contribution in [0.3, 0.4) is 0 Å². The van der Waals surface area contributed by atoms with E-state index in [1.54, 1.807) is 0 Å². The summed E-state index contributed by atoms with van der Waals surface area (Å²) in [6.07, 6.45) is 9.06. The molecule has 1 aromatic rings. The van der Waals surface area contributed by atoms with Crippen LogP contribution in [0.25, 0.3) is 6.08 Å². The first-order chi connectivity index (χ1) is 10.2. The van der Waals surface area contributed by atoms with Crippen LogP contribution in [-0.4, -0.2) is 11.8 Å². The van der Waals surface area contributed by atoms with Crippen molar-refractivity contribution in [1.29, 1.82) is 0 Å². The smallest absolute Gasteiger partial charge is 0.254 e. The molecule has 0 spiro atoms. The second kappa shape index (κ2) is 7.58. The third-order valence-corrected chi connectivity index (χ3v) is 3.87. The molecule has 3 nitrogen and oxygen atoms in total. The van der Waals surface area contributed by atoms with Crippen molar-refractivity contribution >= 4 is 17.9 Å². The molecule has 0 atom stereocenters. The van der Waals surface area contributed by atoms with E-state index in [0.717, 1.165) is 12.8 Å². The van der Waals surface area contributed by atoms with Crippen LogP contribution in [0.1, 0.15) is 37.7 Å². The van der Waals surface area contributed by atoms with Gasteiger partial charge in [-0.3, -0.25) is 14.9 Å². The van der Waals surface area contributed by atoms with Gasteiger partial charge in [0.15, 0.2) is 0 Å². The van der Waals surface area contributed by atoms with E-state index in [1.807, 2.05) is 36.4 Å². The second-order valence-electron chi connectivity index (χ2n) is 5.37. The van der Waals surface area contributed by atoms with E-state index in [0.29, 0.717) is 11.5 Å². The number of carbonyl (C=O) groups is 2. The van der Waals surface area contributed by atoms with E-state index in [-0.39, 0.29) is 11.8 Å². The topological polar surface area (TPSA) is 46.2 Å². The van der Waals surface area contributed by atoms with Gasteiger partial charge in [0.1, 0.15) is 0 Å². The summed E-state index contributed by atoms with van der Waals surface area (Å²) in [5.74, 6) is -0.0809. The first kappa shape index (κ1) is 15.2. The molecule has 21 heavy (non-hydrogen) atoms. The fourth-order valence-corrected chi connectivity index (χ4v) is 2.73. The summed E-state index contributed by atoms with van der Waals surface area (Å²) in [6, 6.07) is 10.0. The van der Waals surface area contributed by atoms with Crippen LogP contribution in [-0.2, 0) is 9.59 Å². The molecule has 3 heteroatoms. The number of carbonyl (C=O) groups excluding carboxylic acids is 2. The molecule has 1 heterocycles. The molecule has 2 aliphatic rings. The molecule has 1 saturated carbocycles. The normalized spacial score (nSPS) is 18.4. The summed E-state index contributed by atoms with van der Waals surface area (Å²) >= 11 is 0. The van der Waals surface area contributed by atoms with Gasteiger partial charge in [-0.05, 0) is 24.3 Å². The number of amides is 2. The van der Waals surface area contributed by atoms with E-state index in [2.05, 4.69) is 11.9 Å². The molecule has 0 bridgehead atoms. The van der Waals surface area contributed by atoms with Crippen molar-refractivity contribution in [2.45, 2.75) is 32.1 Å². The lowest BCUT2D eigenvalue weighted by Gasteiger charge is -2.21. The van der Waals surface area contributed by atoms with Crippen molar-refractivity contribution in [2.24, 2.45) is 5.92 Å². The van der Waals surface area contributed by atoms with E-state index in [9.17, 15) is 9.59 Å². The maximum absolute atomic E-state index is 11.3. The molecule has 1 fully saturated rings. The number of hydrogen-bond acceptors (Lipinski definition) is 2. The van der Waals surface area contributed by atoms with Crippen molar-refractivity contribution in [3.63, 3.8) is 0 Å². The van der Waals surface area contributed by atoms with E-state index < -0.39 is 0 Å². The standard InChI is InChI=1S/C10H13NO2.C8H8/c12-9-6-8(10(13)11-9)7-4-2-1-3-5-7;1-2-8-6-4-3-5-7-8/h6-7H,1-5H2,(H,11,12,13);2-7H,1H2. The Morgan fingerprint density at radius 2 is 1.71 bits per heavy atom. The number of benzene rings is 1. The zero-order valence-corrected chi connectivity index (χ0v) is 12.2. The van der Waals surface area contributed by atoms with Crippen molar-refractivity contribution in [3.8, 4) is 0 Å². The third kappa shape index (κ3) is 4.42. The fraction of sp³-hybridized carbons (Fsp3) is 0.333. The van der Waals surface area contributed by atoms with Crippen LogP contribution in [0.5, 0.6) is 0 Å². The predicted molar refractivity (Wildman–Crippen MR) is 84.3 cm³/mol. The molecule has 1 aromatic carbocycles. The number of hydrogen-bond donors (Lipinski definition) is 1. The molecule has 0 radical (unpaired) electrons. The average molecular weight is 283 g/mol. The van der Waals surface area contributed by atoms with E-state index in [4.69, 9.17) is 0 Å². The Bertz CT molecular complexity index is 540. The Hall–Kier alpha value is -2.16. The fourth-order valence-electron chi connectivity index (χ4n) is 2.73. The number of rotatable bonds is 2. The van der Waals surface area contributed by atoms with Gasteiger partial charge in [0.25, 0.3) is 11.8 Å². The maximum Gasteiger partial charge on any atom is 0.254 e. The summed E-state index contributed by atoms with van der Waals surface area (Å²) in [6.45, 7) is 3.63. The van der Waals surface area contributed by atoms with Gasteiger partial charge in [-0.25, -0.2) is 0 Å². The number of nitrogens with one attached hydrogen (secondary N) is 1. The van der Waals surface area contributed by atoms with Gasteiger partial charge in [-0.2, -0.15) is 0 Å². The minimum atomic E-state index is -0.245. The Morgan fingerprint density at radius 1 is 1.05 bits per heavy atom. The summed E-state index contributed by atoms with van der Waals surface area (Å²) in [7, 11) is 0. The maximum atomic E-state index is 11.3. The summed E-state index contributed by atoms with van der Waals surface area (Å²) in [5, 5.41) is 2.29. The van der Waals surface area contributed by atoms with Gasteiger partial charge in [0.05, 0.1) is 0 Å². The predicted octanol–water partition coefficient (Wildman–Crippen LogP) is 3.48. The van der Waals surface area contributed by atoms with Crippen LogP contribution < -0.4 is 5.32 Å². The molecule has 1 aliphatic carbocycles. The van der Waals surface area contributed by atoms with Crippen molar-refractivity contribution in [3.05, 3.63) is 54.1 Å². The Kier molecular flexibility index (Phi) is 5.50. The largest absolute Gasteiger partial charge is 0.289 e. The third-order valence-electron chi connectivity index (χ3n) is 3.87. The van der Waals surface area contributed by atoms with E-state index in [1.165, 1.54) is 30.9 Å². The average Bonchev–Trinajstić information content (AvgIpc) is 2.88. The molecule has 110 valence electrons. The summed E-state index contributed by atoms with van der Waals surface area (Å²) in [5.41, 5.74) is 1.89. The van der Waals surface area contributed by atoms with E-state index >= 15 is 0 Å². The lowest BCUT2D eigenvalue weighted by molar-refractivity contribution is -0.124. The van der Waals surface area contributed by atoms with Gasteiger partial charge in [0.2, 0.25) is 0 Å². The number of imide groups is 1. The Labute approximate surface area is 125 Å². The zero-order valence-electron chi connectivity index (χ0n) is 12.2. The van der Waals surface area contributed by atoms with Crippen molar-refractivity contribution in [2.75, 3.05) is 0 Å². The lowest BCUT2D eigenvalue weighted by Crippen LogP contribution is -2.24. The summed E-state index contributed by atoms with van der Waals surface area (Å²) < 4.78 is 0. The molecule has 1 N–H and O–H groups in total. The highest BCUT2D eigenvalue weighted by molar-refractivity contribution is 6.16. The molecule has 1 aliphatic heterocycles. The molecule has 0 aromatic heterocycles. The minimum Gasteiger partial charge on any atom is -0.289 e. The van der Waals surface area contributed by atoms with Gasteiger partial charge < -0.3 is 0 Å². The Morgan fingerprint density at radius 3 is 2.19 bits per heavy atom. The molecule has 0 saturated heterocycles. The quantitative estimate of drug-likeness (QED) is 0.845. The monoisotopic (exact) mass is 283 g/mol. The van der Waals surface area contributed by atoms with Crippen LogP contribution in [0.15, 0.2) is 48.6 Å². The first-order valence-electron chi connectivity index (χ1n) is 7.45. The summed E-state index contributed by atoms with van der Waals surface area (Å²) in [4.78, 5) is 22.2. The van der Waals surface area contributed by atoms with Gasteiger partial charge in [-0.1, -0.05) is 62.2 Å². The minimum absolute atomic E-state index is 0.170. The van der Waals surface area contributed by atoms with Crippen molar-refractivity contribution < 1.29 is 9.59 Å².